The number of hydrogen-bond acceptors (Lipinski definition) is 3. The standard InChI is InChI=1S/C11H20N4/c1-14-8-7-13-11(14)15(2)9-10-3-5-12-6-4-10/h7-8,10,12H,3-6,9H2,1-2H3. The second kappa shape index (κ2) is 4.66. The van der Waals surface area contributed by atoms with E-state index in [-0.39, 0.29) is 0 Å². The zero-order chi connectivity index (χ0) is 10.7. The molecule has 0 aromatic carbocycles. The predicted molar refractivity (Wildman–Crippen MR) is 62.1 cm³/mol. The Bertz CT molecular complexity index is 301. The Morgan fingerprint density at radius 3 is 2.87 bits per heavy atom. The molecule has 0 radical (unpaired) electrons. The Labute approximate surface area is 91.3 Å². The lowest BCUT2D eigenvalue weighted by atomic mass is 9.98. The summed E-state index contributed by atoms with van der Waals surface area (Å²) in [5.74, 6) is 1.88. The summed E-state index contributed by atoms with van der Waals surface area (Å²) < 4.78 is 2.07. The lowest BCUT2D eigenvalue weighted by Gasteiger charge is -2.28. The van der Waals surface area contributed by atoms with E-state index in [1.54, 1.807) is 0 Å². The van der Waals surface area contributed by atoms with Crippen LogP contribution < -0.4 is 10.2 Å². The average molecular weight is 208 g/mol. The molecule has 0 aliphatic carbocycles. The van der Waals surface area contributed by atoms with E-state index in [1.807, 2.05) is 19.4 Å². The highest BCUT2D eigenvalue weighted by molar-refractivity contribution is 5.29. The van der Waals surface area contributed by atoms with Crippen molar-refractivity contribution in [1.29, 1.82) is 0 Å². The third-order valence-electron chi connectivity index (χ3n) is 3.13. The largest absolute Gasteiger partial charge is 0.345 e. The molecule has 4 heteroatoms. The van der Waals surface area contributed by atoms with E-state index in [2.05, 4.69) is 26.8 Å². The molecule has 0 amide bonds. The van der Waals surface area contributed by atoms with Gasteiger partial charge in [0, 0.05) is 33.0 Å². The highest BCUT2D eigenvalue weighted by atomic mass is 15.3. The number of nitrogens with one attached hydrogen (secondary N) is 1. The molecule has 15 heavy (non-hydrogen) atoms. The van der Waals surface area contributed by atoms with Gasteiger partial charge in [-0.05, 0) is 31.8 Å². The Morgan fingerprint density at radius 2 is 2.27 bits per heavy atom. The normalized spacial score (nSPS) is 18.0. The fraction of sp³-hybridized carbons (Fsp3) is 0.727. The summed E-state index contributed by atoms with van der Waals surface area (Å²) >= 11 is 0. The van der Waals surface area contributed by atoms with Crippen LogP contribution in [0, 0.1) is 5.92 Å². The van der Waals surface area contributed by atoms with E-state index in [0.29, 0.717) is 0 Å². The van der Waals surface area contributed by atoms with Crippen molar-refractivity contribution >= 4 is 5.95 Å². The summed E-state index contributed by atoms with van der Waals surface area (Å²) in [7, 11) is 4.17. The molecule has 0 saturated carbocycles. The van der Waals surface area contributed by atoms with Crippen molar-refractivity contribution in [2.24, 2.45) is 13.0 Å². The molecule has 1 fully saturated rings. The van der Waals surface area contributed by atoms with Crippen LogP contribution in [-0.2, 0) is 7.05 Å². The molecule has 0 bridgehead atoms. The van der Waals surface area contributed by atoms with Crippen LogP contribution in [0.15, 0.2) is 12.4 Å². The van der Waals surface area contributed by atoms with Gasteiger partial charge < -0.3 is 14.8 Å². The Hall–Kier alpha value is -1.03. The van der Waals surface area contributed by atoms with Crippen LogP contribution in [0.25, 0.3) is 0 Å². The highest BCUT2D eigenvalue weighted by Crippen LogP contribution is 2.16. The van der Waals surface area contributed by atoms with Gasteiger partial charge in [0.05, 0.1) is 0 Å². The topological polar surface area (TPSA) is 33.1 Å². The first-order valence-corrected chi connectivity index (χ1v) is 5.66. The van der Waals surface area contributed by atoms with Gasteiger partial charge in [-0.1, -0.05) is 0 Å². The van der Waals surface area contributed by atoms with E-state index in [0.717, 1.165) is 18.4 Å². The quantitative estimate of drug-likeness (QED) is 0.799. The molecule has 84 valence electrons. The molecule has 1 aromatic rings. The van der Waals surface area contributed by atoms with Gasteiger partial charge in [0.2, 0.25) is 5.95 Å². The first kappa shape index (κ1) is 10.5. The third kappa shape index (κ3) is 2.50. The molecule has 0 atom stereocenters. The summed E-state index contributed by atoms with van der Waals surface area (Å²) in [5.41, 5.74) is 0. The second-order valence-corrected chi connectivity index (χ2v) is 4.41. The molecule has 1 saturated heterocycles. The first-order chi connectivity index (χ1) is 7.27. The number of nitrogens with zero attached hydrogens (tertiary/aromatic N) is 3. The lowest BCUT2D eigenvalue weighted by Crippen LogP contribution is -2.35. The Kier molecular flexibility index (Phi) is 3.26. The van der Waals surface area contributed by atoms with Crippen molar-refractivity contribution in [3.63, 3.8) is 0 Å². The third-order valence-corrected chi connectivity index (χ3v) is 3.13. The van der Waals surface area contributed by atoms with Crippen molar-refractivity contribution in [2.45, 2.75) is 12.8 Å². The van der Waals surface area contributed by atoms with E-state index in [1.165, 1.54) is 25.9 Å². The van der Waals surface area contributed by atoms with Crippen LogP contribution in [0.5, 0.6) is 0 Å². The van der Waals surface area contributed by atoms with Gasteiger partial charge >= 0.3 is 0 Å². The molecular formula is C11H20N4. The lowest BCUT2D eigenvalue weighted by molar-refractivity contribution is 0.376. The maximum Gasteiger partial charge on any atom is 0.204 e. The molecule has 2 heterocycles. The molecule has 1 N–H and O–H groups in total. The smallest absolute Gasteiger partial charge is 0.204 e. The Morgan fingerprint density at radius 1 is 1.53 bits per heavy atom. The summed E-state index contributed by atoms with van der Waals surface area (Å²) in [4.78, 5) is 6.61. The van der Waals surface area contributed by atoms with E-state index in [9.17, 15) is 0 Å². The number of imidazole rings is 1. The molecule has 1 aromatic heterocycles. The fourth-order valence-corrected chi connectivity index (χ4v) is 2.26. The van der Waals surface area contributed by atoms with Crippen LogP contribution in [-0.4, -0.2) is 36.2 Å². The number of aromatic nitrogens is 2. The summed E-state index contributed by atoms with van der Waals surface area (Å²) in [6.45, 7) is 3.45. The van der Waals surface area contributed by atoms with Gasteiger partial charge in [0.15, 0.2) is 0 Å². The van der Waals surface area contributed by atoms with Crippen LogP contribution in [0.4, 0.5) is 5.95 Å². The molecule has 0 spiro atoms. The van der Waals surface area contributed by atoms with Gasteiger partial charge in [-0.2, -0.15) is 0 Å². The van der Waals surface area contributed by atoms with Crippen molar-refractivity contribution in [2.75, 3.05) is 31.6 Å². The molecule has 1 aliphatic heterocycles. The van der Waals surface area contributed by atoms with Gasteiger partial charge in [0.25, 0.3) is 0 Å². The van der Waals surface area contributed by atoms with Crippen LogP contribution in [0.1, 0.15) is 12.8 Å². The summed E-state index contributed by atoms with van der Waals surface area (Å²) in [6, 6.07) is 0. The van der Waals surface area contributed by atoms with E-state index >= 15 is 0 Å². The van der Waals surface area contributed by atoms with Crippen molar-refractivity contribution in [3.05, 3.63) is 12.4 Å². The number of anilines is 1. The van der Waals surface area contributed by atoms with Gasteiger partial charge in [0.1, 0.15) is 0 Å². The second-order valence-electron chi connectivity index (χ2n) is 4.41. The fourth-order valence-electron chi connectivity index (χ4n) is 2.26. The van der Waals surface area contributed by atoms with Crippen molar-refractivity contribution in [1.82, 2.24) is 14.9 Å². The number of hydrogen-bond donors (Lipinski definition) is 1. The average Bonchev–Trinajstić information content (AvgIpc) is 2.66. The number of piperidine rings is 1. The minimum atomic E-state index is 0.813. The molecule has 1 aliphatic rings. The summed E-state index contributed by atoms with van der Waals surface area (Å²) in [5, 5.41) is 3.39. The van der Waals surface area contributed by atoms with Gasteiger partial charge in [-0.15, -0.1) is 0 Å². The van der Waals surface area contributed by atoms with Gasteiger partial charge in [-0.25, -0.2) is 4.98 Å². The highest BCUT2D eigenvalue weighted by Gasteiger charge is 2.16. The molecule has 2 rings (SSSR count). The number of aryl methyl sites for hydroxylation is 1. The monoisotopic (exact) mass is 208 g/mol. The SMILES string of the molecule is CN(CC1CCNCC1)c1nccn1C. The van der Waals surface area contributed by atoms with Crippen molar-refractivity contribution < 1.29 is 0 Å². The zero-order valence-electron chi connectivity index (χ0n) is 9.61. The van der Waals surface area contributed by atoms with Gasteiger partial charge in [-0.3, -0.25) is 0 Å². The molecule has 4 nitrogen and oxygen atoms in total. The maximum atomic E-state index is 4.35. The van der Waals surface area contributed by atoms with E-state index < -0.39 is 0 Å². The molecular weight excluding hydrogens is 188 g/mol. The first-order valence-electron chi connectivity index (χ1n) is 5.66. The van der Waals surface area contributed by atoms with Crippen molar-refractivity contribution in [3.8, 4) is 0 Å². The summed E-state index contributed by atoms with van der Waals surface area (Å²) in [6.07, 6.45) is 6.42. The van der Waals surface area contributed by atoms with E-state index in [4.69, 9.17) is 0 Å². The number of rotatable bonds is 3. The zero-order valence-corrected chi connectivity index (χ0v) is 9.61. The van der Waals surface area contributed by atoms with Crippen LogP contribution in [0.3, 0.4) is 0 Å². The molecule has 0 unspecified atom stereocenters. The Balaban J connectivity index is 1.91. The predicted octanol–water partition coefficient (Wildman–Crippen LogP) is 0.856. The van der Waals surface area contributed by atoms with Crippen LogP contribution in [0.2, 0.25) is 0 Å². The minimum Gasteiger partial charge on any atom is -0.345 e. The van der Waals surface area contributed by atoms with Crippen LogP contribution >= 0.6 is 0 Å². The minimum absolute atomic E-state index is 0.813. The maximum absolute atomic E-state index is 4.35.